The number of carbonyl (C=O) groups excluding carboxylic acids is 1. The van der Waals surface area contributed by atoms with Crippen molar-refractivity contribution >= 4 is 23.0 Å². The van der Waals surface area contributed by atoms with Gasteiger partial charge in [0.15, 0.2) is 0 Å². The molecule has 35 heavy (non-hydrogen) atoms. The zero-order valence-electron chi connectivity index (χ0n) is 19.8. The molecule has 1 aliphatic rings. The molecule has 1 amide bonds. The lowest BCUT2D eigenvalue weighted by atomic mass is 9.98. The molecular formula is C29H28N2O4. The van der Waals surface area contributed by atoms with Crippen LogP contribution in [0.5, 0.6) is 0 Å². The van der Waals surface area contributed by atoms with Crippen LogP contribution in [0, 0.1) is 6.92 Å². The van der Waals surface area contributed by atoms with Crippen molar-refractivity contribution in [2.24, 2.45) is 7.05 Å². The molecule has 1 aliphatic carbocycles. The second kappa shape index (κ2) is 9.29. The Bertz CT molecular complexity index is 1380. The molecule has 3 aromatic carbocycles. The number of nitrogens with one attached hydrogen (secondary N) is 1. The topological polar surface area (TPSA) is 80.6 Å². The summed E-state index contributed by atoms with van der Waals surface area (Å²) in [6, 6.07) is 21.3. The highest BCUT2D eigenvalue weighted by atomic mass is 16.5. The average molecular weight is 469 g/mol. The van der Waals surface area contributed by atoms with Crippen molar-refractivity contribution in [1.82, 2.24) is 9.88 Å². The molecule has 2 N–H and O–H groups in total. The van der Waals surface area contributed by atoms with Gasteiger partial charge in [-0.3, -0.25) is 0 Å². The van der Waals surface area contributed by atoms with Crippen molar-refractivity contribution in [2.45, 2.75) is 31.7 Å². The van der Waals surface area contributed by atoms with Crippen LogP contribution >= 0.6 is 0 Å². The molecule has 6 nitrogen and oxygen atoms in total. The standard InChI is InChI=1S/C29H28N2O4/c1-18-16-31(2)27-15-19(11-13-20(18)27)12-14-26(28(32)33)30-29(34)35-17-25-23-9-5-3-7-21(23)22-8-4-6-10-24(22)25/h3-11,13,15-16,25-26H,12,14,17H2,1-2H3,(H,30,34)(H,32,33). The Morgan fingerprint density at radius 2 is 1.69 bits per heavy atom. The maximum atomic E-state index is 12.6. The quantitative estimate of drug-likeness (QED) is 0.380. The number of ether oxygens (including phenoxy) is 1. The van der Waals surface area contributed by atoms with Gasteiger partial charge < -0.3 is 19.7 Å². The van der Waals surface area contributed by atoms with Crippen molar-refractivity contribution in [3.63, 3.8) is 0 Å². The van der Waals surface area contributed by atoms with Crippen LogP contribution in [0.25, 0.3) is 22.0 Å². The number of alkyl carbamates (subject to hydrolysis) is 1. The molecule has 5 rings (SSSR count). The van der Waals surface area contributed by atoms with E-state index in [-0.39, 0.29) is 18.9 Å². The van der Waals surface area contributed by atoms with Gasteiger partial charge in [0.1, 0.15) is 12.6 Å². The molecule has 1 unspecified atom stereocenters. The first-order valence-corrected chi connectivity index (χ1v) is 11.8. The van der Waals surface area contributed by atoms with Gasteiger partial charge in [-0.1, -0.05) is 60.7 Å². The van der Waals surface area contributed by atoms with Crippen molar-refractivity contribution in [3.05, 3.63) is 95.2 Å². The third kappa shape index (κ3) is 4.39. The highest BCUT2D eigenvalue weighted by molar-refractivity contribution is 5.84. The van der Waals surface area contributed by atoms with Gasteiger partial charge in [-0.05, 0) is 59.2 Å². The van der Waals surface area contributed by atoms with Gasteiger partial charge in [0.05, 0.1) is 0 Å². The minimum Gasteiger partial charge on any atom is -0.480 e. The Labute approximate surface area is 204 Å². The molecule has 0 aliphatic heterocycles. The monoisotopic (exact) mass is 468 g/mol. The maximum absolute atomic E-state index is 12.6. The number of carboxylic acids is 1. The number of benzene rings is 3. The van der Waals surface area contributed by atoms with Crippen molar-refractivity contribution in [3.8, 4) is 11.1 Å². The third-order valence-electron chi connectivity index (χ3n) is 6.91. The summed E-state index contributed by atoms with van der Waals surface area (Å²) in [5.74, 6) is -1.15. The van der Waals surface area contributed by atoms with Crippen LogP contribution in [0.3, 0.4) is 0 Å². The number of rotatable bonds is 7. The smallest absolute Gasteiger partial charge is 0.407 e. The summed E-state index contributed by atoms with van der Waals surface area (Å²) in [6.07, 6.45) is 2.16. The first-order valence-electron chi connectivity index (χ1n) is 11.8. The number of hydrogen-bond donors (Lipinski definition) is 2. The van der Waals surface area contributed by atoms with Gasteiger partial charge in [-0.2, -0.15) is 0 Å². The number of carboxylic acid groups (broad SMARTS) is 1. The summed E-state index contributed by atoms with van der Waals surface area (Å²) < 4.78 is 7.60. The van der Waals surface area contributed by atoms with Gasteiger partial charge in [-0.25, -0.2) is 9.59 Å². The number of carbonyl (C=O) groups is 2. The van der Waals surface area contributed by atoms with Gasteiger partial charge in [0.2, 0.25) is 0 Å². The van der Waals surface area contributed by atoms with E-state index in [1.54, 1.807) is 0 Å². The maximum Gasteiger partial charge on any atom is 0.407 e. The Morgan fingerprint density at radius 1 is 1.03 bits per heavy atom. The summed E-state index contributed by atoms with van der Waals surface area (Å²) in [5.41, 5.74) is 7.85. The minimum atomic E-state index is -1.07. The van der Waals surface area contributed by atoms with E-state index in [1.165, 1.54) is 10.9 Å². The summed E-state index contributed by atoms with van der Waals surface area (Å²) >= 11 is 0. The molecule has 4 aromatic rings. The predicted molar refractivity (Wildman–Crippen MR) is 136 cm³/mol. The predicted octanol–water partition coefficient (Wildman–Crippen LogP) is 5.41. The molecule has 1 aromatic heterocycles. The molecule has 0 saturated carbocycles. The summed E-state index contributed by atoms with van der Waals surface area (Å²) in [5, 5.41) is 13.4. The second-order valence-corrected chi connectivity index (χ2v) is 9.17. The zero-order valence-corrected chi connectivity index (χ0v) is 19.8. The molecular weight excluding hydrogens is 440 g/mol. The molecule has 0 saturated heterocycles. The van der Waals surface area contributed by atoms with Crippen molar-refractivity contribution in [2.75, 3.05) is 6.61 Å². The first kappa shape index (κ1) is 22.7. The fraction of sp³-hybridized carbons (Fsp3) is 0.241. The lowest BCUT2D eigenvalue weighted by molar-refractivity contribution is -0.139. The van der Waals surface area contributed by atoms with Crippen molar-refractivity contribution in [1.29, 1.82) is 0 Å². The summed E-state index contributed by atoms with van der Waals surface area (Å²) in [7, 11) is 2.00. The summed E-state index contributed by atoms with van der Waals surface area (Å²) in [4.78, 5) is 24.4. The molecule has 178 valence electrons. The molecule has 1 heterocycles. The van der Waals surface area contributed by atoms with E-state index < -0.39 is 18.1 Å². The van der Waals surface area contributed by atoms with Crippen LogP contribution in [0.4, 0.5) is 4.79 Å². The molecule has 0 radical (unpaired) electrons. The van der Waals surface area contributed by atoms with E-state index in [0.29, 0.717) is 6.42 Å². The van der Waals surface area contributed by atoms with E-state index >= 15 is 0 Å². The van der Waals surface area contributed by atoms with Crippen molar-refractivity contribution < 1.29 is 19.4 Å². The average Bonchev–Trinajstić information content (AvgIpc) is 3.33. The highest BCUT2D eigenvalue weighted by Crippen LogP contribution is 2.44. The normalized spacial score (nSPS) is 13.3. The second-order valence-electron chi connectivity index (χ2n) is 9.17. The number of fused-ring (bicyclic) bond motifs is 4. The minimum absolute atomic E-state index is 0.0723. The Kier molecular flexibility index (Phi) is 6.03. The molecule has 0 bridgehead atoms. The van der Waals surface area contributed by atoms with Gasteiger partial charge in [0, 0.05) is 30.1 Å². The van der Waals surface area contributed by atoms with Crippen LogP contribution in [0.15, 0.2) is 72.9 Å². The van der Waals surface area contributed by atoms with E-state index in [1.807, 2.05) is 49.5 Å². The molecule has 1 atom stereocenters. The third-order valence-corrected chi connectivity index (χ3v) is 6.91. The Morgan fingerprint density at radius 3 is 2.34 bits per heavy atom. The van der Waals surface area contributed by atoms with E-state index in [4.69, 9.17) is 4.74 Å². The number of amides is 1. The van der Waals surface area contributed by atoms with Crippen LogP contribution < -0.4 is 5.32 Å². The largest absolute Gasteiger partial charge is 0.480 e. The fourth-order valence-corrected chi connectivity index (χ4v) is 5.14. The fourth-order valence-electron chi connectivity index (χ4n) is 5.14. The lowest BCUT2D eigenvalue weighted by Crippen LogP contribution is -2.41. The number of nitrogens with zero attached hydrogens (tertiary/aromatic N) is 1. The summed E-state index contributed by atoms with van der Waals surface area (Å²) in [6.45, 7) is 2.22. The van der Waals surface area contributed by atoms with E-state index in [2.05, 4.69) is 47.3 Å². The van der Waals surface area contributed by atoms with Crippen LogP contribution in [-0.2, 0) is 23.0 Å². The first-order chi connectivity index (χ1) is 16.9. The van der Waals surface area contributed by atoms with E-state index in [9.17, 15) is 14.7 Å². The number of hydrogen-bond acceptors (Lipinski definition) is 3. The molecule has 6 heteroatoms. The number of aliphatic carboxylic acids is 1. The Hall–Kier alpha value is -4.06. The van der Waals surface area contributed by atoms with Crippen LogP contribution in [0.2, 0.25) is 0 Å². The number of aryl methyl sites for hydroxylation is 3. The SMILES string of the molecule is Cc1cn(C)c2cc(CCC(NC(=O)OCC3c4ccccc4-c4ccccc43)C(=O)O)ccc12. The highest BCUT2D eigenvalue weighted by Gasteiger charge is 2.29. The van der Waals surface area contributed by atoms with Gasteiger partial charge in [-0.15, -0.1) is 0 Å². The Balaban J connectivity index is 1.22. The molecule has 0 fully saturated rings. The van der Waals surface area contributed by atoms with Gasteiger partial charge in [0.25, 0.3) is 0 Å². The lowest BCUT2D eigenvalue weighted by Gasteiger charge is -2.17. The van der Waals surface area contributed by atoms with Crippen LogP contribution in [0.1, 0.15) is 34.6 Å². The number of aromatic nitrogens is 1. The van der Waals surface area contributed by atoms with E-state index in [0.717, 1.165) is 33.3 Å². The zero-order chi connectivity index (χ0) is 24.5. The molecule has 0 spiro atoms. The van der Waals surface area contributed by atoms with Crippen LogP contribution in [-0.4, -0.2) is 34.4 Å². The van der Waals surface area contributed by atoms with Gasteiger partial charge >= 0.3 is 12.1 Å².